The maximum Gasteiger partial charge on any atom is 0.303 e. The standard InChI is InChI=1S/C14H18O4/c1-9-8-12-14(18-7-6-17-12)11(10(9)2)4-3-5-13(15)16/h8H,3-7H2,1-2H3,(H,15,16). The molecule has 0 fully saturated rings. The number of aliphatic carboxylic acids is 1. The fourth-order valence-electron chi connectivity index (χ4n) is 2.21. The van der Waals surface area contributed by atoms with Crippen LogP contribution in [0.5, 0.6) is 11.5 Å². The molecule has 0 unspecified atom stereocenters. The fraction of sp³-hybridized carbons (Fsp3) is 0.500. The van der Waals surface area contributed by atoms with Crippen LogP contribution in [0.1, 0.15) is 29.5 Å². The van der Waals surface area contributed by atoms with E-state index in [0.717, 1.165) is 22.6 Å². The number of carbonyl (C=O) groups is 1. The average Bonchev–Trinajstić information content (AvgIpc) is 2.33. The summed E-state index contributed by atoms with van der Waals surface area (Å²) in [5, 5.41) is 8.70. The van der Waals surface area contributed by atoms with E-state index in [1.54, 1.807) is 0 Å². The first-order chi connectivity index (χ1) is 8.59. The number of fused-ring (bicyclic) bond motifs is 1. The van der Waals surface area contributed by atoms with E-state index in [2.05, 4.69) is 0 Å². The minimum Gasteiger partial charge on any atom is -0.486 e. The number of rotatable bonds is 4. The number of hydrogen-bond acceptors (Lipinski definition) is 3. The van der Waals surface area contributed by atoms with Crippen molar-refractivity contribution in [2.24, 2.45) is 0 Å². The minimum atomic E-state index is -0.758. The van der Waals surface area contributed by atoms with Crippen molar-refractivity contribution < 1.29 is 19.4 Å². The molecule has 1 aromatic carbocycles. The van der Waals surface area contributed by atoms with Crippen LogP contribution in [-0.4, -0.2) is 24.3 Å². The van der Waals surface area contributed by atoms with Crippen LogP contribution in [0.2, 0.25) is 0 Å². The molecule has 0 bridgehead atoms. The average molecular weight is 250 g/mol. The highest BCUT2D eigenvalue weighted by atomic mass is 16.6. The third-order valence-corrected chi connectivity index (χ3v) is 3.29. The van der Waals surface area contributed by atoms with Crippen LogP contribution in [0.25, 0.3) is 0 Å². The smallest absolute Gasteiger partial charge is 0.303 e. The quantitative estimate of drug-likeness (QED) is 0.892. The van der Waals surface area contributed by atoms with Crippen molar-refractivity contribution in [2.75, 3.05) is 13.2 Å². The molecule has 1 N–H and O–H groups in total. The lowest BCUT2D eigenvalue weighted by Gasteiger charge is -2.23. The molecule has 0 spiro atoms. The third-order valence-electron chi connectivity index (χ3n) is 3.29. The predicted molar refractivity (Wildman–Crippen MR) is 67.5 cm³/mol. The van der Waals surface area contributed by atoms with E-state index in [1.165, 1.54) is 5.56 Å². The van der Waals surface area contributed by atoms with Gasteiger partial charge in [-0.3, -0.25) is 4.79 Å². The molecule has 0 aliphatic carbocycles. The third kappa shape index (κ3) is 2.58. The van der Waals surface area contributed by atoms with Crippen molar-refractivity contribution >= 4 is 5.97 Å². The van der Waals surface area contributed by atoms with Gasteiger partial charge in [-0.2, -0.15) is 0 Å². The summed E-state index contributed by atoms with van der Waals surface area (Å²) in [5.74, 6) is 0.829. The van der Waals surface area contributed by atoms with Crippen LogP contribution in [0, 0.1) is 13.8 Å². The number of benzene rings is 1. The van der Waals surface area contributed by atoms with E-state index < -0.39 is 5.97 Å². The van der Waals surface area contributed by atoms with Gasteiger partial charge in [0.05, 0.1) is 0 Å². The molecule has 2 rings (SSSR count). The normalized spacial score (nSPS) is 13.4. The van der Waals surface area contributed by atoms with Gasteiger partial charge >= 0.3 is 5.97 Å². The number of hydrogen-bond donors (Lipinski definition) is 1. The second-order valence-corrected chi connectivity index (χ2v) is 4.57. The lowest BCUT2D eigenvalue weighted by Crippen LogP contribution is -2.17. The van der Waals surface area contributed by atoms with E-state index in [9.17, 15) is 4.79 Å². The van der Waals surface area contributed by atoms with Gasteiger partial charge in [0.1, 0.15) is 13.2 Å². The summed E-state index contributed by atoms with van der Waals surface area (Å²) in [6, 6.07) is 1.99. The molecule has 1 heterocycles. The molecule has 0 amide bonds. The van der Waals surface area contributed by atoms with Crippen molar-refractivity contribution in [2.45, 2.75) is 33.1 Å². The lowest BCUT2D eigenvalue weighted by atomic mass is 9.97. The van der Waals surface area contributed by atoms with E-state index in [1.807, 2.05) is 19.9 Å². The highest BCUT2D eigenvalue weighted by molar-refractivity contribution is 5.66. The maximum absolute atomic E-state index is 10.6. The summed E-state index contributed by atoms with van der Waals surface area (Å²) in [7, 11) is 0. The Morgan fingerprint density at radius 2 is 2.06 bits per heavy atom. The van der Waals surface area contributed by atoms with Gasteiger partial charge in [-0.15, -0.1) is 0 Å². The molecular formula is C14H18O4. The molecule has 98 valence electrons. The van der Waals surface area contributed by atoms with Crippen molar-refractivity contribution in [1.82, 2.24) is 0 Å². The molecule has 1 aliphatic rings. The van der Waals surface area contributed by atoms with Crippen LogP contribution < -0.4 is 9.47 Å². The van der Waals surface area contributed by atoms with Gasteiger partial charge in [0.2, 0.25) is 0 Å². The Hall–Kier alpha value is -1.71. The highest BCUT2D eigenvalue weighted by Crippen LogP contribution is 2.38. The molecule has 0 saturated carbocycles. The minimum absolute atomic E-state index is 0.184. The van der Waals surface area contributed by atoms with Crippen molar-refractivity contribution in [3.63, 3.8) is 0 Å². The first-order valence-electron chi connectivity index (χ1n) is 6.20. The number of carboxylic acids is 1. The largest absolute Gasteiger partial charge is 0.486 e. The van der Waals surface area contributed by atoms with E-state index in [4.69, 9.17) is 14.6 Å². The Kier molecular flexibility index (Phi) is 3.75. The van der Waals surface area contributed by atoms with Gasteiger partial charge < -0.3 is 14.6 Å². The van der Waals surface area contributed by atoms with E-state index >= 15 is 0 Å². The summed E-state index contributed by atoms with van der Waals surface area (Å²) in [4.78, 5) is 10.6. The molecular weight excluding hydrogens is 232 g/mol. The highest BCUT2D eigenvalue weighted by Gasteiger charge is 2.19. The number of carboxylic acid groups (broad SMARTS) is 1. The molecule has 1 aromatic rings. The van der Waals surface area contributed by atoms with Crippen molar-refractivity contribution in [3.8, 4) is 11.5 Å². The molecule has 18 heavy (non-hydrogen) atoms. The molecule has 4 nitrogen and oxygen atoms in total. The van der Waals surface area contributed by atoms with Crippen LogP contribution in [0.4, 0.5) is 0 Å². The van der Waals surface area contributed by atoms with Crippen LogP contribution in [0.15, 0.2) is 6.07 Å². The maximum atomic E-state index is 10.6. The second kappa shape index (κ2) is 5.29. The SMILES string of the molecule is Cc1cc2c(c(CCCC(=O)O)c1C)OCCO2. The predicted octanol–water partition coefficient (Wildman–Crippen LogP) is 2.48. The van der Waals surface area contributed by atoms with Gasteiger partial charge in [-0.05, 0) is 43.9 Å². The molecule has 4 heteroatoms. The zero-order chi connectivity index (χ0) is 13.1. The first kappa shape index (κ1) is 12.7. The lowest BCUT2D eigenvalue weighted by molar-refractivity contribution is -0.137. The monoisotopic (exact) mass is 250 g/mol. The van der Waals surface area contributed by atoms with Gasteiger partial charge in [0, 0.05) is 12.0 Å². The summed E-state index contributed by atoms with van der Waals surface area (Å²) in [6.45, 7) is 5.21. The van der Waals surface area contributed by atoms with Crippen LogP contribution >= 0.6 is 0 Å². The summed E-state index contributed by atoms with van der Waals surface area (Å²) in [6.07, 6.45) is 1.52. The van der Waals surface area contributed by atoms with Gasteiger partial charge in [0.25, 0.3) is 0 Å². The van der Waals surface area contributed by atoms with Gasteiger partial charge in [-0.1, -0.05) is 0 Å². The Labute approximate surface area is 107 Å². The zero-order valence-electron chi connectivity index (χ0n) is 10.8. The van der Waals surface area contributed by atoms with E-state index in [-0.39, 0.29) is 6.42 Å². The van der Waals surface area contributed by atoms with Gasteiger partial charge in [-0.25, -0.2) is 0 Å². The molecule has 0 aromatic heterocycles. The second-order valence-electron chi connectivity index (χ2n) is 4.57. The zero-order valence-corrected chi connectivity index (χ0v) is 10.8. The fourth-order valence-corrected chi connectivity index (χ4v) is 2.21. The topological polar surface area (TPSA) is 55.8 Å². The number of ether oxygens (including phenoxy) is 2. The Bertz CT molecular complexity index is 465. The molecule has 0 saturated heterocycles. The molecule has 0 atom stereocenters. The summed E-state index contributed by atoms with van der Waals surface area (Å²) in [5.41, 5.74) is 3.42. The van der Waals surface area contributed by atoms with Crippen molar-refractivity contribution in [3.05, 3.63) is 22.8 Å². The Balaban J connectivity index is 2.26. The Morgan fingerprint density at radius 1 is 1.33 bits per heavy atom. The van der Waals surface area contributed by atoms with Crippen LogP contribution in [0.3, 0.4) is 0 Å². The summed E-state index contributed by atoms with van der Waals surface area (Å²) < 4.78 is 11.3. The first-order valence-corrected chi connectivity index (χ1v) is 6.20. The van der Waals surface area contributed by atoms with Crippen molar-refractivity contribution in [1.29, 1.82) is 0 Å². The number of aryl methyl sites for hydroxylation is 1. The Morgan fingerprint density at radius 3 is 2.78 bits per heavy atom. The van der Waals surface area contributed by atoms with Gasteiger partial charge in [0.15, 0.2) is 11.5 Å². The molecule has 0 radical (unpaired) electrons. The molecule has 1 aliphatic heterocycles. The summed E-state index contributed by atoms with van der Waals surface area (Å²) >= 11 is 0. The van der Waals surface area contributed by atoms with Crippen LogP contribution in [-0.2, 0) is 11.2 Å². The van der Waals surface area contributed by atoms with E-state index in [0.29, 0.717) is 26.1 Å².